The zero-order valence-corrected chi connectivity index (χ0v) is 14.5. The second kappa shape index (κ2) is 7.40. The molecule has 0 radical (unpaired) electrons. The smallest absolute Gasteiger partial charge is 0.252 e. The molecule has 0 bridgehead atoms. The number of piperazine rings is 1. The van der Waals surface area contributed by atoms with E-state index in [0.717, 1.165) is 19.6 Å². The van der Waals surface area contributed by atoms with Gasteiger partial charge in [0.25, 0.3) is 10.0 Å². The van der Waals surface area contributed by atoms with E-state index in [9.17, 15) is 8.42 Å². The maximum Gasteiger partial charge on any atom is 0.252 e. The van der Waals surface area contributed by atoms with E-state index in [0.29, 0.717) is 17.3 Å². The van der Waals surface area contributed by atoms with Gasteiger partial charge in [0, 0.05) is 0 Å². The van der Waals surface area contributed by atoms with Gasteiger partial charge in [-0.25, -0.2) is 8.42 Å². The van der Waals surface area contributed by atoms with Crippen molar-refractivity contribution >= 4 is 27.4 Å². The molecule has 0 unspecified atom stereocenters. The van der Waals surface area contributed by atoms with Crippen LogP contribution in [0.1, 0.15) is 5.56 Å². The molecule has 0 aliphatic carbocycles. The van der Waals surface area contributed by atoms with E-state index in [-0.39, 0.29) is 0 Å². The number of nitrogens with one attached hydrogen (secondary N) is 1. The topological polar surface area (TPSA) is 41.8 Å². The van der Waals surface area contributed by atoms with E-state index < -0.39 is 10.0 Å². The number of rotatable bonds is 5. The van der Waals surface area contributed by atoms with E-state index in [4.69, 9.17) is 0 Å². The lowest BCUT2D eigenvalue weighted by molar-refractivity contribution is -0.897. The predicted octanol–water partition coefficient (Wildman–Crippen LogP) is 1.35. The van der Waals surface area contributed by atoms with Crippen molar-refractivity contribution in [3.8, 4) is 0 Å². The molecule has 23 heavy (non-hydrogen) atoms. The first-order chi connectivity index (χ1) is 11.2. The number of benzene rings is 1. The second-order valence-electron chi connectivity index (χ2n) is 5.60. The van der Waals surface area contributed by atoms with Crippen LogP contribution < -0.4 is 4.90 Å². The molecule has 6 heteroatoms. The molecule has 1 fully saturated rings. The number of hydrogen-bond donors (Lipinski definition) is 1. The van der Waals surface area contributed by atoms with Gasteiger partial charge in [0.1, 0.15) is 4.21 Å². The fourth-order valence-corrected chi connectivity index (χ4v) is 5.30. The molecule has 2 heterocycles. The van der Waals surface area contributed by atoms with Crippen LogP contribution in [0.2, 0.25) is 0 Å². The van der Waals surface area contributed by atoms with Crippen molar-refractivity contribution in [2.24, 2.45) is 0 Å². The Morgan fingerprint density at radius 1 is 1.09 bits per heavy atom. The third-order valence-corrected chi connectivity index (χ3v) is 7.31. The number of quaternary nitrogens is 1. The van der Waals surface area contributed by atoms with Gasteiger partial charge in [-0.15, -0.1) is 11.3 Å². The summed E-state index contributed by atoms with van der Waals surface area (Å²) in [6, 6.07) is 13.7. The van der Waals surface area contributed by atoms with Crippen LogP contribution in [0.25, 0.3) is 6.08 Å². The Labute approximate surface area is 141 Å². The molecule has 1 aromatic carbocycles. The largest absolute Gasteiger partial charge is 0.329 e. The fraction of sp³-hybridized carbons (Fsp3) is 0.294. The first-order valence-corrected chi connectivity index (χ1v) is 10.1. The lowest BCUT2D eigenvalue weighted by Crippen LogP contribution is -3.14. The van der Waals surface area contributed by atoms with Crippen LogP contribution in [-0.4, -0.2) is 45.4 Å². The van der Waals surface area contributed by atoms with Crippen LogP contribution >= 0.6 is 11.3 Å². The molecule has 0 spiro atoms. The Balaban J connectivity index is 1.52. The van der Waals surface area contributed by atoms with Crippen molar-refractivity contribution in [2.45, 2.75) is 4.21 Å². The van der Waals surface area contributed by atoms with Crippen molar-refractivity contribution in [1.29, 1.82) is 0 Å². The average Bonchev–Trinajstić information content (AvgIpc) is 3.12. The Bertz CT molecular complexity index is 732. The van der Waals surface area contributed by atoms with Crippen LogP contribution in [0, 0.1) is 0 Å². The van der Waals surface area contributed by atoms with Crippen molar-refractivity contribution in [3.63, 3.8) is 0 Å². The normalized spacial score (nSPS) is 17.7. The van der Waals surface area contributed by atoms with Gasteiger partial charge in [0.15, 0.2) is 0 Å². The van der Waals surface area contributed by atoms with Crippen molar-refractivity contribution < 1.29 is 13.3 Å². The lowest BCUT2D eigenvalue weighted by atomic mass is 10.2. The zero-order chi connectivity index (χ0) is 16.1. The van der Waals surface area contributed by atoms with E-state index in [2.05, 4.69) is 24.3 Å². The molecule has 2 aromatic rings. The molecular weight excluding hydrogens is 328 g/mol. The Morgan fingerprint density at radius 3 is 2.48 bits per heavy atom. The summed E-state index contributed by atoms with van der Waals surface area (Å²) in [5.41, 5.74) is 1.20. The van der Waals surface area contributed by atoms with Crippen LogP contribution in [0.15, 0.2) is 58.1 Å². The van der Waals surface area contributed by atoms with Crippen LogP contribution in [-0.2, 0) is 10.0 Å². The predicted molar refractivity (Wildman–Crippen MR) is 94.1 cm³/mol. The van der Waals surface area contributed by atoms with Crippen molar-refractivity contribution in [2.75, 3.05) is 32.7 Å². The molecule has 4 nitrogen and oxygen atoms in total. The van der Waals surface area contributed by atoms with Crippen molar-refractivity contribution in [3.05, 3.63) is 59.5 Å². The van der Waals surface area contributed by atoms with E-state index in [1.165, 1.54) is 21.8 Å². The molecule has 1 aliphatic rings. The third kappa shape index (κ3) is 4.09. The molecule has 1 saturated heterocycles. The number of thiophene rings is 1. The van der Waals surface area contributed by atoms with Gasteiger partial charge >= 0.3 is 0 Å². The third-order valence-electron chi connectivity index (χ3n) is 4.04. The summed E-state index contributed by atoms with van der Waals surface area (Å²) in [5.74, 6) is 0. The highest BCUT2D eigenvalue weighted by Gasteiger charge is 2.30. The van der Waals surface area contributed by atoms with Gasteiger partial charge in [-0.3, -0.25) is 0 Å². The van der Waals surface area contributed by atoms with Gasteiger partial charge in [-0.1, -0.05) is 42.5 Å². The first kappa shape index (κ1) is 16.4. The summed E-state index contributed by atoms with van der Waals surface area (Å²) in [7, 11) is -3.29. The van der Waals surface area contributed by atoms with Gasteiger partial charge in [0.2, 0.25) is 0 Å². The highest BCUT2D eigenvalue weighted by Crippen LogP contribution is 2.20. The van der Waals surface area contributed by atoms with Crippen LogP contribution in [0.5, 0.6) is 0 Å². The molecule has 3 rings (SSSR count). The molecule has 122 valence electrons. The molecule has 0 atom stereocenters. The quantitative estimate of drug-likeness (QED) is 0.885. The molecule has 1 aliphatic heterocycles. The summed E-state index contributed by atoms with van der Waals surface area (Å²) < 4.78 is 27.0. The van der Waals surface area contributed by atoms with Crippen LogP contribution in [0.4, 0.5) is 0 Å². The summed E-state index contributed by atoms with van der Waals surface area (Å²) in [4.78, 5) is 1.43. The molecule has 0 amide bonds. The Kier molecular flexibility index (Phi) is 5.27. The number of nitrogens with zero attached hydrogens (tertiary/aromatic N) is 1. The molecular formula is C17H21N2O2S2+. The number of hydrogen-bond acceptors (Lipinski definition) is 3. The fourth-order valence-electron chi connectivity index (χ4n) is 2.71. The maximum atomic E-state index is 12.5. The second-order valence-corrected chi connectivity index (χ2v) is 8.72. The van der Waals surface area contributed by atoms with Gasteiger partial charge in [-0.05, 0) is 23.1 Å². The highest BCUT2D eigenvalue weighted by atomic mass is 32.2. The molecule has 1 N–H and O–H groups in total. The zero-order valence-electron chi connectivity index (χ0n) is 12.9. The molecule has 0 saturated carbocycles. The van der Waals surface area contributed by atoms with Crippen LogP contribution in [0.3, 0.4) is 0 Å². The van der Waals surface area contributed by atoms with E-state index >= 15 is 0 Å². The summed E-state index contributed by atoms with van der Waals surface area (Å²) in [6.07, 6.45) is 4.30. The minimum absolute atomic E-state index is 0.449. The summed E-state index contributed by atoms with van der Waals surface area (Å²) in [6.45, 7) is 3.82. The minimum atomic E-state index is -3.29. The average molecular weight is 350 g/mol. The number of sulfonamides is 1. The van der Waals surface area contributed by atoms with E-state index in [1.807, 2.05) is 23.6 Å². The molecule has 1 aromatic heterocycles. The Hall–Kier alpha value is -1.47. The van der Waals surface area contributed by atoms with Gasteiger partial charge in [0.05, 0.1) is 32.7 Å². The lowest BCUT2D eigenvalue weighted by Gasteiger charge is -2.30. The Morgan fingerprint density at radius 2 is 1.83 bits per heavy atom. The summed E-state index contributed by atoms with van der Waals surface area (Å²) >= 11 is 1.29. The van der Waals surface area contributed by atoms with Gasteiger partial charge in [-0.2, -0.15) is 4.31 Å². The SMILES string of the molecule is O=S(=O)(c1cccs1)N1CC[NH+](C/C=C/c2ccccc2)CC1. The van der Waals surface area contributed by atoms with E-state index in [1.54, 1.807) is 16.4 Å². The van der Waals surface area contributed by atoms with Gasteiger partial charge < -0.3 is 4.90 Å². The monoisotopic (exact) mass is 349 g/mol. The maximum absolute atomic E-state index is 12.5. The minimum Gasteiger partial charge on any atom is -0.329 e. The first-order valence-electron chi connectivity index (χ1n) is 7.75. The standard InChI is InChI=1S/C17H20N2O2S2/c20-23(21,17-9-5-15-22-17)19-13-11-18(12-14-19)10-4-8-16-6-2-1-3-7-16/h1-9,15H,10-14H2/p+1/b8-4+. The highest BCUT2D eigenvalue weighted by molar-refractivity contribution is 7.91. The summed E-state index contributed by atoms with van der Waals surface area (Å²) in [5, 5.41) is 1.81. The van der Waals surface area contributed by atoms with Crippen molar-refractivity contribution in [1.82, 2.24) is 4.31 Å².